The molecule has 1 fully saturated rings. The summed E-state index contributed by atoms with van der Waals surface area (Å²) in [5.74, 6) is -0.623. The van der Waals surface area contributed by atoms with Crippen molar-refractivity contribution in [2.24, 2.45) is 0 Å². The number of carbonyl (C=O) groups excluding carboxylic acids is 2. The van der Waals surface area contributed by atoms with E-state index in [0.29, 0.717) is 23.3 Å². The minimum absolute atomic E-state index is 0.408. The third-order valence-corrected chi connectivity index (χ3v) is 4.05. The Morgan fingerprint density at radius 2 is 2.13 bits per heavy atom. The van der Waals surface area contributed by atoms with E-state index in [1.54, 1.807) is 12.1 Å². The maximum absolute atomic E-state index is 11.9. The third kappa shape index (κ3) is 5.25. The molecule has 1 amide bonds. The molecule has 0 aromatic carbocycles. The summed E-state index contributed by atoms with van der Waals surface area (Å²) in [4.78, 5) is 23.4. The SMILES string of the molecule is N#CC1(NC(=O)COC(=O)/C=C/c2ccc(Br)o2)CCCCC1. The fourth-order valence-electron chi connectivity index (χ4n) is 2.48. The zero-order valence-electron chi connectivity index (χ0n) is 12.5. The number of amides is 1. The second-order valence-electron chi connectivity index (χ2n) is 5.39. The van der Waals surface area contributed by atoms with E-state index in [4.69, 9.17) is 9.15 Å². The van der Waals surface area contributed by atoms with Crippen molar-refractivity contribution in [3.8, 4) is 6.07 Å². The number of hydrogen-bond acceptors (Lipinski definition) is 5. The van der Waals surface area contributed by atoms with Crippen LogP contribution in [0.15, 0.2) is 27.3 Å². The fraction of sp³-hybridized carbons (Fsp3) is 0.438. The number of halogens is 1. The highest BCUT2D eigenvalue weighted by molar-refractivity contribution is 9.10. The number of nitriles is 1. The van der Waals surface area contributed by atoms with Gasteiger partial charge in [-0.25, -0.2) is 4.79 Å². The number of furan rings is 1. The van der Waals surface area contributed by atoms with Crippen LogP contribution in [0.4, 0.5) is 0 Å². The predicted octanol–water partition coefficient (Wildman–Crippen LogP) is 2.94. The Kier molecular flexibility index (Phi) is 5.99. The zero-order chi connectivity index (χ0) is 16.7. The van der Waals surface area contributed by atoms with Gasteiger partial charge >= 0.3 is 5.97 Å². The van der Waals surface area contributed by atoms with Crippen LogP contribution in [0.1, 0.15) is 37.9 Å². The highest BCUT2D eigenvalue weighted by Crippen LogP contribution is 2.27. The smallest absolute Gasteiger partial charge is 0.331 e. The van der Waals surface area contributed by atoms with Crippen LogP contribution in [0.3, 0.4) is 0 Å². The van der Waals surface area contributed by atoms with E-state index < -0.39 is 24.0 Å². The fourth-order valence-corrected chi connectivity index (χ4v) is 2.79. The third-order valence-electron chi connectivity index (χ3n) is 3.62. The molecule has 122 valence electrons. The van der Waals surface area contributed by atoms with Gasteiger partial charge in [0.25, 0.3) is 5.91 Å². The summed E-state index contributed by atoms with van der Waals surface area (Å²) >= 11 is 3.15. The molecule has 0 saturated heterocycles. The summed E-state index contributed by atoms with van der Waals surface area (Å²) in [6.45, 7) is -0.408. The molecule has 0 aliphatic heterocycles. The Morgan fingerprint density at radius 3 is 2.74 bits per heavy atom. The van der Waals surface area contributed by atoms with Crippen LogP contribution in [0, 0.1) is 11.3 Å². The highest BCUT2D eigenvalue weighted by Gasteiger charge is 2.33. The van der Waals surface area contributed by atoms with Gasteiger partial charge in [0.05, 0.1) is 6.07 Å². The molecule has 1 aromatic rings. The van der Waals surface area contributed by atoms with Gasteiger partial charge in [-0.05, 0) is 47.0 Å². The highest BCUT2D eigenvalue weighted by atomic mass is 79.9. The first-order valence-corrected chi connectivity index (χ1v) is 8.15. The van der Waals surface area contributed by atoms with Crippen molar-refractivity contribution in [1.82, 2.24) is 5.32 Å². The van der Waals surface area contributed by atoms with Gasteiger partial charge in [0.2, 0.25) is 0 Å². The lowest BCUT2D eigenvalue weighted by Gasteiger charge is -2.31. The van der Waals surface area contributed by atoms with Gasteiger partial charge in [-0.2, -0.15) is 5.26 Å². The van der Waals surface area contributed by atoms with Crippen LogP contribution in [0.2, 0.25) is 0 Å². The summed E-state index contributed by atoms with van der Waals surface area (Å²) in [7, 11) is 0. The molecule has 0 radical (unpaired) electrons. The summed E-state index contributed by atoms with van der Waals surface area (Å²) in [6.07, 6.45) is 6.79. The van der Waals surface area contributed by atoms with Crippen LogP contribution in [-0.4, -0.2) is 24.0 Å². The molecule has 1 N–H and O–H groups in total. The lowest BCUT2D eigenvalue weighted by Crippen LogP contribution is -2.49. The number of nitrogens with one attached hydrogen (secondary N) is 1. The first-order chi connectivity index (χ1) is 11.0. The van der Waals surface area contributed by atoms with E-state index in [-0.39, 0.29) is 0 Å². The topological polar surface area (TPSA) is 92.3 Å². The number of hydrogen-bond donors (Lipinski definition) is 1. The lowest BCUT2D eigenvalue weighted by atomic mass is 9.83. The average Bonchev–Trinajstić information content (AvgIpc) is 2.97. The molecule has 6 nitrogen and oxygen atoms in total. The number of ether oxygens (including phenoxy) is 1. The normalized spacial score (nSPS) is 16.7. The summed E-state index contributed by atoms with van der Waals surface area (Å²) in [5, 5.41) is 12.0. The van der Waals surface area contributed by atoms with Crippen LogP contribution in [0.25, 0.3) is 6.08 Å². The van der Waals surface area contributed by atoms with E-state index in [1.807, 2.05) is 0 Å². The van der Waals surface area contributed by atoms with Gasteiger partial charge in [0, 0.05) is 6.08 Å². The standard InChI is InChI=1S/C16H17BrN2O4/c17-13-6-4-12(23-13)5-7-15(21)22-10-14(20)19-16(11-18)8-2-1-3-9-16/h4-7H,1-3,8-10H2,(H,19,20)/b7-5+. The molecule has 7 heteroatoms. The average molecular weight is 381 g/mol. The molecule has 0 bridgehead atoms. The molecule has 23 heavy (non-hydrogen) atoms. The quantitative estimate of drug-likeness (QED) is 0.625. The Morgan fingerprint density at radius 1 is 1.39 bits per heavy atom. The van der Waals surface area contributed by atoms with Gasteiger partial charge in [-0.3, -0.25) is 4.79 Å². The van der Waals surface area contributed by atoms with E-state index in [1.165, 1.54) is 12.2 Å². The molecule has 0 spiro atoms. The van der Waals surface area contributed by atoms with Crippen LogP contribution < -0.4 is 5.32 Å². The van der Waals surface area contributed by atoms with Gasteiger partial charge in [-0.1, -0.05) is 19.3 Å². The molecule has 1 aliphatic rings. The molecule has 1 aliphatic carbocycles. The predicted molar refractivity (Wildman–Crippen MR) is 86.0 cm³/mol. The molecule has 1 aromatic heterocycles. The minimum Gasteiger partial charge on any atom is -0.452 e. The maximum Gasteiger partial charge on any atom is 0.331 e. The largest absolute Gasteiger partial charge is 0.452 e. The first kappa shape index (κ1) is 17.3. The number of carbonyl (C=O) groups is 2. The monoisotopic (exact) mass is 380 g/mol. The van der Waals surface area contributed by atoms with Crippen LogP contribution in [-0.2, 0) is 14.3 Å². The molecule has 1 heterocycles. The molecule has 1 saturated carbocycles. The molecular weight excluding hydrogens is 364 g/mol. The second-order valence-corrected chi connectivity index (χ2v) is 6.17. The van der Waals surface area contributed by atoms with E-state index in [2.05, 4.69) is 27.3 Å². The molecular formula is C16H17BrN2O4. The Hall–Kier alpha value is -2.07. The first-order valence-electron chi connectivity index (χ1n) is 7.35. The van der Waals surface area contributed by atoms with E-state index in [0.717, 1.165) is 19.3 Å². The van der Waals surface area contributed by atoms with Crippen LogP contribution >= 0.6 is 15.9 Å². The molecule has 2 rings (SSSR count). The summed E-state index contributed by atoms with van der Waals surface area (Å²) in [5.41, 5.74) is -0.821. The zero-order valence-corrected chi connectivity index (χ0v) is 14.1. The Bertz CT molecular complexity index is 639. The van der Waals surface area contributed by atoms with Crippen molar-refractivity contribution < 1.29 is 18.7 Å². The van der Waals surface area contributed by atoms with Crippen LogP contribution in [0.5, 0.6) is 0 Å². The summed E-state index contributed by atoms with van der Waals surface area (Å²) in [6, 6.07) is 5.56. The van der Waals surface area contributed by atoms with Crippen molar-refractivity contribution in [2.75, 3.05) is 6.61 Å². The Balaban J connectivity index is 1.78. The van der Waals surface area contributed by atoms with Gasteiger partial charge < -0.3 is 14.5 Å². The Labute approximate surface area is 142 Å². The van der Waals surface area contributed by atoms with E-state index in [9.17, 15) is 14.9 Å². The number of nitrogens with zero attached hydrogens (tertiary/aromatic N) is 1. The summed E-state index contributed by atoms with van der Waals surface area (Å²) < 4.78 is 10.6. The van der Waals surface area contributed by atoms with Gasteiger partial charge in [0.1, 0.15) is 11.3 Å². The molecule has 0 unspecified atom stereocenters. The number of rotatable bonds is 5. The van der Waals surface area contributed by atoms with Crippen molar-refractivity contribution >= 4 is 33.9 Å². The maximum atomic E-state index is 11.9. The number of esters is 1. The minimum atomic E-state index is -0.821. The van der Waals surface area contributed by atoms with Gasteiger partial charge in [-0.15, -0.1) is 0 Å². The van der Waals surface area contributed by atoms with Crippen molar-refractivity contribution in [3.63, 3.8) is 0 Å². The van der Waals surface area contributed by atoms with Crippen molar-refractivity contribution in [3.05, 3.63) is 28.6 Å². The lowest BCUT2D eigenvalue weighted by molar-refractivity contribution is -0.144. The second kappa shape index (κ2) is 7.97. The van der Waals surface area contributed by atoms with E-state index >= 15 is 0 Å². The van der Waals surface area contributed by atoms with Crippen molar-refractivity contribution in [2.45, 2.75) is 37.6 Å². The van der Waals surface area contributed by atoms with Crippen molar-refractivity contribution in [1.29, 1.82) is 5.26 Å². The molecule has 0 atom stereocenters. The van der Waals surface area contributed by atoms with Gasteiger partial charge in [0.15, 0.2) is 11.3 Å².